The van der Waals surface area contributed by atoms with E-state index in [2.05, 4.69) is 11.7 Å². The van der Waals surface area contributed by atoms with Crippen molar-refractivity contribution in [3.63, 3.8) is 0 Å². The lowest BCUT2D eigenvalue weighted by molar-refractivity contribution is -0.143. The molecule has 0 spiro atoms. The van der Waals surface area contributed by atoms with Crippen LogP contribution in [0.1, 0.15) is 46.0 Å². The minimum Gasteiger partial charge on any atom is -0.469 e. The summed E-state index contributed by atoms with van der Waals surface area (Å²) in [4.78, 5) is 22.1. The van der Waals surface area contributed by atoms with Crippen molar-refractivity contribution in [2.75, 3.05) is 7.11 Å². The second-order valence-corrected chi connectivity index (χ2v) is 3.74. The molecule has 14 heavy (non-hydrogen) atoms. The van der Waals surface area contributed by atoms with Crippen molar-refractivity contribution >= 4 is 11.8 Å². The monoisotopic (exact) mass is 200 g/mol. The van der Waals surface area contributed by atoms with Gasteiger partial charge in [0.05, 0.1) is 7.11 Å². The smallest absolute Gasteiger partial charge is 0.313 e. The molecule has 0 aliphatic heterocycles. The number of hydrogen-bond acceptors (Lipinski definition) is 3. The zero-order valence-electron chi connectivity index (χ0n) is 9.34. The first-order valence-corrected chi connectivity index (χ1v) is 5.18. The number of ketones is 1. The second-order valence-electron chi connectivity index (χ2n) is 3.74. The fourth-order valence-electron chi connectivity index (χ4n) is 1.35. The van der Waals surface area contributed by atoms with Crippen LogP contribution in [0.2, 0.25) is 0 Å². The van der Waals surface area contributed by atoms with Crippen molar-refractivity contribution in [3.05, 3.63) is 0 Å². The molecule has 0 aromatic carbocycles. The van der Waals surface area contributed by atoms with Gasteiger partial charge in [-0.1, -0.05) is 33.1 Å². The van der Waals surface area contributed by atoms with Gasteiger partial charge in [0, 0.05) is 6.42 Å². The molecule has 1 atom stereocenters. The molecule has 0 unspecified atom stereocenters. The van der Waals surface area contributed by atoms with Gasteiger partial charge in [0.25, 0.3) is 0 Å². The molecule has 3 heteroatoms. The Balaban J connectivity index is 3.65. The standard InChI is InChI=1S/C11H20O3/c1-4-5-6-9(2)7-10(12)8-11(13)14-3/h9H,4-8H2,1-3H3/t9-/m1/s1. The van der Waals surface area contributed by atoms with Gasteiger partial charge in [-0.05, 0) is 5.92 Å². The molecule has 0 bridgehead atoms. The minimum absolute atomic E-state index is 0.0135. The van der Waals surface area contributed by atoms with Crippen LogP contribution in [-0.4, -0.2) is 18.9 Å². The predicted molar refractivity (Wildman–Crippen MR) is 54.9 cm³/mol. The highest BCUT2D eigenvalue weighted by Crippen LogP contribution is 2.13. The number of carbonyl (C=O) groups is 2. The number of unbranched alkanes of at least 4 members (excludes halogenated alkanes) is 1. The molecule has 0 aliphatic rings. The topological polar surface area (TPSA) is 43.4 Å². The highest BCUT2D eigenvalue weighted by molar-refractivity contribution is 5.95. The number of rotatable bonds is 7. The summed E-state index contributed by atoms with van der Waals surface area (Å²) in [6.45, 7) is 4.17. The van der Waals surface area contributed by atoms with Crippen LogP contribution in [0.15, 0.2) is 0 Å². The second kappa shape index (κ2) is 7.54. The summed E-state index contributed by atoms with van der Waals surface area (Å²) < 4.78 is 4.42. The van der Waals surface area contributed by atoms with Crippen LogP contribution in [0.3, 0.4) is 0 Å². The predicted octanol–water partition coefficient (Wildman–Crippen LogP) is 2.33. The van der Waals surface area contributed by atoms with Gasteiger partial charge >= 0.3 is 5.97 Å². The highest BCUT2D eigenvalue weighted by Gasteiger charge is 2.12. The van der Waals surface area contributed by atoms with Crippen LogP contribution in [0.4, 0.5) is 0 Å². The molecule has 0 saturated carbocycles. The number of carbonyl (C=O) groups excluding carboxylic acids is 2. The lowest BCUT2D eigenvalue weighted by Gasteiger charge is -2.08. The molecule has 0 aromatic rings. The minimum atomic E-state index is -0.433. The van der Waals surface area contributed by atoms with Gasteiger partial charge in [0.15, 0.2) is 0 Å². The Labute approximate surface area is 85.8 Å². The first-order chi connectivity index (χ1) is 6.60. The van der Waals surface area contributed by atoms with E-state index in [0.717, 1.165) is 19.3 Å². The van der Waals surface area contributed by atoms with E-state index >= 15 is 0 Å². The van der Waals surface area contributed by atoms with Crippen molar-refractivity contribution in [3.8, 4) is 0 Å². The molecule has 0 fully saturated rings. The maximum atomic E-state index is 11.3. The molecule has 0 aromatic heterocycles. The van der Waals surface area contributed by atoms with E-state index in [9.17, 15) is 9.59 Å². The molecule has 82 valence electrons. The molecule has 0 radical (unpaired) electrons. The molecule has 0 aliphatic carbocycles. The quantitative estimate of drug-likeness (QED) is 0.468. The molecule has 0 saturated heterocycles. The summed E-state index contributed by atoms with van der Waals surface area (Å²) in [6.07, 6.45) is 3.77. The summed E-state index contributed by atoms with van der Waals surface area (Å²) >= 11 is 0. The first-order valence-electron chi connectivity index (χ1n) is 5.18. The van der Waals surface area contributed by atoms with Crippen molar-refractivity contribution in [1.29, 1.82) is 0 Å². The summed E-state index contributed by atoms with van der Waals surface area (Å²) in [5.74, 6) is -0.0646. The van der Waals surface area contributed by atoms with Gasteiger partial charge in [-0.2, -0.15) is 0 Å². The lowest BCUT2D eigenvalue weighted by Crippen LogP contribution is -2.12. The largest absolute Gasteiger partial charge is 0.469 e. The third-order valence-electron chi connectivity index (χ3n) is 2.20. The summed E-state index contributed by atoms with van der Waals surface area (Å²) in [5.41, 5.74) is 0. The summed E-state index contributed by atoms with van der Waals surface area (Å²) in [6, 6.07) is 0. The zero-order chi connectivity index (χ0) is 11.0. The van der Waals surface area contributed by atoms with Gasteiger partial charge in [0.1, 0.15) is 12.2 Å². The molecule has 0 N–H and O–H groups in total. The van der Waals surface area contributed by atoms with Crippen LogP contribution in [0.25, 0.3) is 0 Å². The van der Waals surface area contributed by atoms with Crippen molar-refractivity contribution in [2.24, 2.45) is 5.92 Å². The molecule has 3 nitrogen and oxygen atoms in total. The number of hydrogen-bond donors (Lipinski definition) is 0. The van der Waals surface area contributed by atoms with E-state index in [1.807, 2.05) is 6.92 Å². The van der Waals surface area contributed by atoms with Crippen LogP contribution in [0.5, 0.6) is 0 Å². The van der Waals surface area contributed by atoms with Gasteiger partial charge < -0.3 is 4.74 Å². The average Bonchev–Trinajstić information content (AvgIpc) is 2.14. The Hall–Kier alpha value is -0.860. The van der Waals surface area contributed by atoms with Gasteiger partial charge in [-0.3, -0.25) is 9.59 Å². The fraction of sp³-hybridized carbons (Fsp3) is 0.818. The Morgan fingerprint density at radius 3 is 2.50 bits per heavy atom. The molecular formula is C11H20O3. The SMILES string of the molecule is CCCC[C@@H](C)CC(=O)CC(=O)OC. The maximum absolute atomic E-state index is 11.3. The molecular weight excluding hydrogens is 180 g/mol. The summed E-state index contributed by atoms with van der Waals surface area (Å²) in [7, 11) is 1.30. The third-order valence-corrected chi connectivity index (χ3v) is 2.20. The van der Waals surface area contributed by atoms with Gasteiger partial charge in [-0.15, -0.1) is 0 Å². The number of esters is 1. The Bertz CT molecular complexity index is 187. The van der Waals surface area contributed by atoms with Gasteiger partial charge in [-0.25, -0.2) is 0 Å². The van der Waals surface area contributed by atoms with E-state index in [4.69, 9.17) is 0 Å². The fourth-order valence-corrected chi connectivity index (χ4v) is 1.35. The van der Waals surface area contributed by atoms with E-state index < -0.39 is 5.97 Å². The van der Waals surface area contributed by atoms with Crippen LogP contribution in [0, 0.1) is 5.92 Å². The molecule has 0 rings (SSSR count). The first kappa shape index (κ1) is 13.1. The highest BCUT2D eigenvalue weighted by atomic mass is 16.5. The number of ether oxygens (including phenoxy) is 1. The maximum Gasteiger partial charge on any atom is 0.313 e. The molecule has 0 heterocycles. The van der Waals surface area contributed by atoms with Crippen LogP contribution in [-0.2, 0) is 14.3 Å². The average molecular weight is 200 g/mol. The Kier molecular flexibility index (Phi) is 7.07. The Morgan fingerprint density at radius 1 is 1.36 bits per heavy atom. The lowest BCUT2D eigenvalue weighted by atomic mass is 9.97. The number of methoxy groups -OCH3 is 1. The van der Waals surface area contributed by atoms with Crippen LogP contribution < -0.4 is 0 Å². The normalized spacial score (nSPS) is 12.2. The Morgan fingerprint density at radius 2 is 2.00 bits per heavy atom. The van der Waals surface area contributed by atoms with E-state index in [-0.39, 0.29) is 12.2 Å². The van der Waals surface area contributed by atoms with E-state index in [1.54, 1.807) is 0 Å². The van der Waals surface area contributed by atoms with Crippen molar-refractivity contribution in [2.45, 2.75) is 46.0 Å². The third kappa shape index (κ3) is 6.63. The van der Waals surface area contributed by atoms with Gasteiger partial charge in [0.2, 0.25) is 0 Å². The number of Topliss-reactive ketones (excluding diaryl/α,β-unsaturated/α-hetero) is 1. The van der Waals surface area contributed by atoms with Crippen LogP contribution >= 0.6 is 0 Å². The van der Waals surface area contributed by atoms with Crippen molar-refractivity contribution in [1.82, 2.24) is 0 Å². The van der Waals surface area contributed by atoms with E-state index in [1.165, 1.54) is 7.11 Å². The van der Waals surface area contributed by atoms with Crippen molar-refractivity contribution < 1.29 is 14.3 Å². The molecule has 0 amide bonds. The zero-order valence-corrected chi connectivity index (χ0v) is 9.34. The summed E-state index contributed by atoms with van der Waals surface area (Å²) in [5, 5.41) is 0. The van der Waals surface area contributed by atoms with E-state index in [0.29, 0.717) is 12.3 Å².